The first-order valence-corrected chi connectivity index (χ1v) is 9.26. The first-order chi connectivity index (χ1) is 13.7. The second-order valence-electron chi connectivity index (χ2n) is 7.43. The molecule has 1 amide bonds. The van der Waals surface area contributed by atoms with Gasteiger partial charge in [-0.05, 0) is 19.4 Å². The summed E-state index contributed by atoms with van der Waals surface area (Å²) in [7, 11) is 0. The van der Waals surface area contributed by atoms with Crippen molar-refractivity contribution in [3.63, 3.8) is 0 Å². The van der Waals surface area contributed by atoms with Crippen LogP contribution in [0.15, 0.2) is 47.5 Å². The van der Waals surface area contributed by atoms with Crippen LogP contribution in [0.4, 0.5) is 0 Å². The van der Waals surface area contributed by atoms with E-state index in [2.05, 4.69) is 0 Å². The van der Waals surface area contributed by atoms with Gasteiger partial charge in [0, 0.05) is 37.4 Å². The van der Waals surface area contributed by atoms with Crippen LogP contribution >= 0.6 is 0 Å². The number of rotatable bonds is 5. The highest BCUT2D eigenvalue weighted by Crippen LogP contribution is 2.33. The highest BCUT2D eigenvalue weighted by atomic mass is 16.4. The van der Waals surface area contributed by atoms with Gasteiger partial charge in [0.25, 0.3) is 5.91 Å². The molecule has 3 rings (SSSR count). The molecule has 1 aromatic heterocycles. The molecule has 1 aliphatic heterocycles. The normalized spacial score (nSPS) is 18.8. The van der Waals surface area contributed by atoms with Gasteiger partial charge in [0.05, 0.1) is 5.92 Å². The van der Waals surface area contributed by atoms with E-state index in [4.69, 9.17) is 0 Å². The summed E-state index contributed by atoms with van der Waals surface area (Å²) in [5.74, 6) is -4.31. The molecule has 1 saturated heterocycles. The Morgan fingerprint density at radius 1 is 1.00 bits per heavy atom. The molecule has 0 unspecified atom stereocenters. The fraction of sp³-hybridized carbons (Fsp3) is 0.333. The Labute approximate surface area is 167 Å². The number of likely N-dealkylation sites (tertiary alicyclic amines) is 1. The largest absolute Gasteiger partial charge is 0.481 e. The summed E-state index contributed by atoms with van der Waals surface area (Å²) in [5, 5.41) is 19.0. The van der Waals surface area contributed by atoms with E-state index in [1.807, 2.05) is 18.2 Å². The molecular weight excluding hydrogens is 376 g/mol. The molecule has 2 aromatic rings. The van der Waals surface area contributed by atoms with Gasteiger partial charge in [0.15, 0.2) is 0 Å². The van der Waals surface area contributed by atoms with Gasteiger partial charge >= 0.3 is 11.9 Å². The number of nitrogens with zero attached hydrogens (tertiary/aromatic N) is 2. The molecule has 29 heavy (non-hydrogen) atoms. The number of aliphatic carboxylic acids is 1. The molecule has 2 atom stereocenters. The smallest absolute Gasteiger partial charge is 0.341 e. The lowest BCUT2D eigenvalue weighted by atomic mass is 9.89. The zero-order valence-electron chi connectivity index (χ0n) is 16.1. The first kappa shape index (κ1) is 20.3. The molecule has 0 saturated carbocycles. The highest BCUT2D eigenvalue weighted by Gasteiger charge is 2.41. The van der Waals surface area contributed by atoms with Crippen molar-refractivity contribution in [2.75, 3.05) is 13.1 Å². The summed E-state index contributed by atoms with van der Waals surface area (Å²) in [6.45, 7) is 3.68. The number of carbonyl (C=O) groups excluding carboxylic acids is 1. The monoisotopic (exact) mass is 398 g/mol. The molecule has 0 spiro atoms. The standard InChI is InChI=1S/C21H22N2O6/c1-12(2)22-10-16(18(24)17(11-22)21(28)29)19(25)23-8-14(15(9-23)20(26)27)13-6-4-3-5-7-13/h3-7,10-12,14-15H,8-9H2,1-2H3,(H,26,27)(H,28,29)/t14-,15+/m0/s1. The molecule has 0 radical (unpaired) electrons. The highest BCUT2D eigenvalue weighted by molar-refractivity contribution is 5.97. The maximum Gasteiger partial charge on any atom is 0.341 e. The van der Waals surface area contributed by atoms with Crippen LogP contribution in [0.3, 0.4) is 0 Å². The number of aromatic carboxylic acids is 1. The Bertz CT molecular complexity index is 1010. The number of hydrogen-bond acceptors (Lipinski definition) is 4. The predicted octanol–water partition coefficient (Wildman–Crippen LogP) is 2.07. The van der Waals surface area contributed by atoms with Crippen molar-refractivity contribution < 1.29 is 24.6 Å². The van der Waals surface area contributed by atoms with Crippen LogP contribution in [0, 0.1) is 5.92 Å². The van der Waals surface area contributed by atoms with Crippen LogP contribution in [-0.4, -0.2) is 50.6 Å². The molecule has 2 N–H and O–H groups in total. The van der Waals surface area contributed by atoms with E-state index >= 15 is 0 Å². The number of pyridine rings is 1. The number of carbonyl (C=O) groups is 3. The Morgan fingerprint density at radius 2 is 1.62 bits per heavy atom. The molecule has 1 aliphatic rings. The summed E-state index contributed by atoms with van der Waals surface area (Å²) >= 11 is 0. The average Bonchev–Trinajstić information content (AvgIpc) is 3.13. The van der Waals surface area contributed by atoms with Crippen molar-refractivity contribution in [3.05, 3.63) is 69.6 Å². The molecule has 8 heteroatoms. The van der Waals surface area contributed by atoms with E-state index in [1.165, 1.54) is 21.9 Å². The van der Waals surface area contributed by atoms with Gasteiger partial charge in [-0.3, -0.25) is 14.4 Å². The van der Waals surface area contributed by atoms with E-state index in [0.29, 0.717) is 0 Å². The van der Waals surface area contributed by atoms with Crippen LogP contribution in [0.2, 0.25) is 0 Å². The molecule has 2 heterocycles. The van der Waals surface area contributed by atoms with Gasteiger partial charge in [-0.25, -0.2) is 4.79 Å². The van der Waals surface area contributed by atoms with Crippen molar-refractivity contribution >= 4 is 17.8 Å². The molecule has 0 aliphatic carbocycles. The number of hydrogen-bond donors (Lipinski definition) is 2. The topological polar surface area (TPSA) is 117 Å². The van der Waals surface area contributed by atoms with Crippen molar-refractivity contribution in [1.82, 2.24) is 9.47 Å². The SMILES string of the molecule is CC(C)n1cc(C(=O)O)c(=O)c(C(=O)N2C[C@@H](C(=O)O)[C@H](c3ccccc3)C2)c1. The molecule has 0 bridgehead atoms. The number of carboxylic acids is 2. The Kier molecular flexibility index (Phi) is 5.54. The minimum Gasteiger partial charge on any atom is -0.481 e. The lowest BCUT2D eigenvalue weighted by Gasteiger charge is -2.19. The van der Waals surface area contributed by atoms with E-state index in [0.717, 1.165) is 5.56 Å². The second kappa shape index (κ2) is 7.90. The summed E-state index contributed by atoms with van der Waals surface area (Å²) in [5.41, 5.74) is -0.821. The van der Waals surface area contributed by atoms with Crippen LogP contribution < -0.4 is 5.43 Å². The third kappa shape index (κ3) is 3.91. The zero-order chi connectivity index (χ0) is 21.3. The first-order valence-electron chi connectivity index (χ1n) is 9.26. The van der Waals surface area contributed by atoms with Gasteiger partial charge in [-0.2, -0.15) is 0 Å². The van der Waals surface area contributed by atoms with Gasteiger partial charge in [0.1, 0.15) is 11.1 Å². The predicted molar refractivity (Wildman–Crippen MR) is 104 cm³/mol. The van der Waals surface area contributed by atoms with Gasteiger partial charge in [-0.1, -0.05) is 30.3 Å². The maximum atomic E-state index is 13.1. The van der Waals surface area contributed by atoms with Crippen molar-refractivity contribution in [2.45, 2.75) is 25.8 Å². The van der Waals surface area contributed by atoms with E-state index < -0.39 is 40.7 Å². The van der Waals surface area contributed by atoms with Crippen molar-refractivity contribution in [3.8, 4) is 0 Å². The van der Waals surface area contributed by atoms with E-state index in [9.17, 15) is 29.4 Å². The van der Waals surface area contributed by atoms with Gasteiger partial charge in [-0.15, -0.1) is 0 Å². The molecule has 1 aromatic carbocycles. The summed E-state index contributed by atoms with van der Waals surface area (Å²) in [4.78, 5) is 50.2. The third-order valence-corrected chi connectivity index (χ3v) is 5.25. The van der Waals surface area contributed by atoms with Crippen molar-refractivity contribution in [2.24, 2.45) is 5.92 Å². The quantitative estimate of drug-likeness (QED) is 0.796. The van der Waals surface area contributed by atoms with Crippen LogP contribution in [0.5, 0.6) is 0 Å². The summed E-state index contributed by atoms with van der Waals surface area (Å²) in [6, 6.07) is 8.88. The van der Waals surface area contributed by atoms with E-state index in [-0.39, 0.29) is 24.7 Å². The summed E-state index contributed by atoms with van der Waals surface area (Å²) in [6.07, 6.45) is 2.55. The number of amides is 1. The lowest BCUT2D eigenvalue weighted by Crippen LogP contribution is -2.35. The van der Waals surface area contributed by atoms with E-state index in [1.54, 1.807) is 26.0 Å². The van der Waals surface area contributed by atoms with Crippen molar-refractivity contribution in [1.29, 1.82) is 0 Å². The Balaban J connectivity index is 2.00. The minimum absolute atomic E-state index is 0.0495. The van der Waals surface area contributed by atoms with Gasteiger partial charge in [0.2, 0.25) is 5.43 Å². The lowest BCUT2D eigenvalue weighted by molar-refractivity contribution is -0.141. The summed E-state index contributed by atoms with van der Waals surface area (Å²) < 4.78 is 1.50. The molecule has 8 nitrogen and oxygen atoms in total. The Hall–Kier alpha value is -3.42. The fourth-order valence-corrected chi connectivity index (χ4v) is 3.63. The molecular formula is C21H22N2O6. The van der Waals surface area contributed by atoms with Gasteiger partial charge < -0.3 is 19.7 Å². The second-order valence-corrected chi connectivity index (χ2v) is 7.43. The maximum absolute atomic E-state index is 13.1. The third-order valence-electron chi connectivity index (χ3n) is 5.25. The minimum atomic E-state index is -1.41. The van der Waals surface area contributed by atoms with Crippen LogP contribution in [0.1, 0.15) is 52.1 Å². The number of aromatic nitrogens is 1. The number of carboxylic acid groups (broad SMARTS) is 2. The fourth-order valence-electron chi connectivity index (χ4n) is 3.63. The zero-order valence-corrected chi connectivity index (χ0v) is 16.1. The Morgan fingerprint density at radius 3 is 2.17 bits per heavy atom. The average molecular weight is 398 g/mol. The van der Waals surface area contributed by atoms with Crippen LogP contribution in [0.25, 0.3) is 0 Å². The molecule has 152 valence electrons. The number of benzene rings is 1. The molecule has 1 fully saturated rings. The van der Waals surface area contributed by atoms with Crippen LogP contribution in [-0.2, 0) is 4.79 Å².